The first-order valence-electron chi connectivity index (χ1n) is 8.39. The molecule has 0 spiro atoms. The second-order valence-corrected chi connectivity index (χ2v) is 9.28. The second-order valence-electron chi connectivity index (χ2n) is 6.25. The highest BCUT2D eigenvalue weighted by Crippen LogP contribution is 2.23. The fourth-order valence-corrected chi connectivity index (χ4v) is 4.70. The molecule has 0 unspecified atom stereocenters. The lowest BCUT2D eigenvalue weighted by atomic mass is 10.2. The van der Waals surface area contributed by atoms with E-state index in [1.54, 1.807) is 36.4 Å². The molecule has 0 saturated heterocycles. The van der Waals surface area contributed by atoms with E-state index >= 15 is 0 Å². The summed E-state index contributed by atoms with van der Waals surface area (Å²) in [5, 5.41) is 0.828. The molecule has 1 amide bonds. The fraction of sp³-hybridized carbons (Fsp3) is 0.100. The molecule has 0 aliphatic rings. The first-order valence-corrected chi connectivity index (χ1v) is 11.1. The quantitative estimate of drug-likeness (QED) is 0.478. The molecule has 4 rings (SSSR count). The van der Waals surface area contributed by atoms with Crippen molar-refractivity contribution in [1.29, 1.82) is 0 Å². The van der Waals surface area contributed by atoms with Crippen LogP contribution in [0.1, 0.15) is 10.6 Å². The molecule has 0 atom stereocenters. The van der Waals surface area contributed by atoms with Gasteiger partial charge >= 0.3 is 5.91 Å². The van der Waals surface area contributed by atoms with E-state index in [2.05, 4.69) is 11.6 Å². The molecule has 142 valence electrons. The number of furan rings is 1. The number of hydrogen-bond donors (Lipinski definition) is 0. The maximum Gasteiger partial charge on any atom is 0.315 e. The van der Waals surface area contributed by atoms with Gasteiger partial charge in [0.2, 0.25) is 0 Å². The molecule has 0 aliphatic carbocycles. The van der Waals surface area contributed by atoms with Crippen molar-refractivity contribution in [3.8, 4) is 0 Å². The summed E-state index contributed by atoms with van der Waals surface area (Å²) in [5.74, 6) is -0.343. The van der Waals surface area contributed by atoms with Gasteiger partial charge in [0, 0.05) is 18.2 Å². The number of thiazole rings is 1. The molecule has 4 aromatic rings. The van der Waals surface area contributed by atoms with Crippen molar-refractivity contribution in [2.45, 2.75) is 11.4 Å². The van der Waals surface area contributed by atoms with Crippen LogP contribution in [-0.4, -0.2) is 25.1 Å². The molecule has 0 bridgehead atoms. The van der Waals surface area contributed by atoms with Crippen LogP contribution < -0.4 is 4.80 Å². The van der Waals surface area contributed by atoms with Crippen molar-refractivity contribution >= 4 is 48.3 Å². The third kappa shape index (κ3) is 3.32. The van der Waals surface area contributed by atoms with Crippen molar-refractivity contribution in [2.75, 3.05) is 6.26 Å². The normalized spacial score (nSPS) is 12.7. The Morgan fingerprint density at radius 2 is 2.04 bits per heavy atom. The van der Waals surface area contributed by atoms with E-state index in [0.717, 1.165) is 21.9 Å². The summed E-state index contributed by atoms with van der Waals surface area (Å²) < 4.78 is 31.8. The standard InChI is InChI=1S/C20H16N2O4S2/c1-3-10-22-15-9-8-14(28(2,24)25)12-18(15)27-20(22)21-19(23)17-11-13-6-4-5-7-16(13)26-17/h3-9,11-12H,1,10H2,2H3. The maximum absolute atomic E-state index is 12.7. The first kappa shape index (κ1) is 18.4. The lowest BCUT2D eigenvalue weighted by molar-refractivity contribution is 0.0973. The number of sulfone groups is 1. The third-order valence-electron chi connectivity index (χ3n) is 4.23. The molecule has 0 saturated carbocycles. The average Bonchev–Trinajstić information content (AvgIpc) is 3.23. The van der Waals surface area contributed by atoms with Crippen LogP contribution in [0.5, 0.6) is 0 Å². The van der Waals surface area contributed by atoms with Gasteiger partial charge in [-0.05, 0) is 30.3 Å². The molecule has 0 fully saturated rings. The largest absolute Gasteiger partial charge is 0.451 e. The van der Waals surface area contributed by atoms with Crippen LogP contribution >= 0.6 is 11.3 Å². The monoisotopic (exact) mass is 412 g/mol. The summed E-state index contributed by atoms with van der Waals surface area (Å²) in [4.78, 5) is 17.6. The summed E-state index contributed by atoms with van der Waals surface area (Å²) in [6, 6.07) is 13.9. The van der Waals surface area contributed by atoms with Crippen molar-refractivity contribution in [3.63, 3.8) is 0 Å². The Balaban J connectivity index is 1.86. The van der Waals surface area contributed by atoms with Crippen LogP contribution in [0.15, 0.2) is 75.5 Å². The lowest BCUT2D eigenvalue weighted by Crippen LogP contribution is -2.16. The first-order chi connectivity index (χ1) is 13.4. The van der Waals surface area contributed by atoms with Gasteiger partial charge in [-0.2, -0.15) is 4.99 Å². The van der Waals surface area contributed by atoms with Crippen LogP contribution in [0.2, 0.25) is 0 Å². The van der Waals surface area contributed by atoms with E-state index in [9.17, 15) is 13.2 Å². The molecule has 28 heavy (non-hydrogen) atoms. The molecule has 0 radical (unpaired) electrons. The predicted molar refractivity (Wildman–Crippen MR) is 109 cm³/mol. The number of para-hydroxylation sites is 1. The van der Waals surface area contributed by atoms with E-state index in [1.165, 1.54) is 11.3 Å². The van der Waals surface area contributed by atoms with Crippen LogP contribution in [0.4, 0.5) is 0 Å². The van der Waals surface area contributed by atoms with Crippen LogP contribution in [0.25, 0.3) is 21.2 Å². The van der Waals surface area contributed by atoms with Gasteiger partial charge in [0.1, 0.15) is 5.58 Å². The Labute approximate surface area is 165 Å². The number of rotatable bonds is 4. The van der Waals surface area contributed by atoms with Gasteiger partial charge in [0.05, 0.1) is 15.1 Å². The molecule has 6 nitrogen and oxygen atoms in total. The Morgan fingerprint density at radius 1 is 1.25 bits per heavy atom. The van der Waals surface area contributed by atoms with Gasteiger partial charge in [-0.25, -0.2) is 8.42 Å². The zero-order chi connectivity index (χ0) is 19.9. The zero-order valence-corrected chi connectivity index (χ0v) is 16.6. The number of amides is 1. The lowest BCUT2D eigenvalue weighted by Gasteiger charge is -2.02. The van der Waals surface area contributed by atoms with Crippen molar-refractivity contribution in [2.24, 2.45) is 4.99 Å². The minimum absolute atomic E-state index is 0.153. The minimum Gasteiger partial charge on any atom is -0.451 e. The van der Waals surface area contributed by atoms with E-state index in [4.69, 9.17) is 4.42 Å². The Kier molecular flexibility index (Phi) is 4.52. The van der Waals surface area contributed by atoms with Gasteiger partial charge < -0.3 is 8.98 Å². The van der Waals surface area contributed by atoms with Crippen LogP contribution in [0.3, 0.4) is 0 Å². The molecule has 2 heterocycles. The van der Waals surface area contributed by atoms with Gasteiger partial charge in [0.15, 0.2) is 20.4 Å². The zero-order valence-electron chi connectivity index (χ0n) is 15.0. The maximum atomic E-state index is 12.7. The van der Waals surface area contributed by atoms with E-state index in [0.29, 0.717) is 16.9 Å². The minimum atomic E-state index is -3.33. The predicted octanol–water partition coefficient (Wildman–Crippen LogP) is 3.78. The van der Waals surface area contributed by atoms with Gasteiger partial charge in [0.25, 0.3) is 0 Å². The van der Waals surface area contributed by atoms with Gasteiger partial charge in [-0.1, -0.05) is 35.6 Å². The van der Waals surface area contributed by atoms with Crippen LogP contribution in [0, 0.1) is 0 Å². The third-order valence-corrected chi connectivity index (χ3v) is 6.38. The molecule has 2 aromatic carbocycles. The molecular formula is C20H16N2O4S2. The SMILES string of the molecule is C=CCn1c(=NC(=O)c2cc3ccccc3o2)sc2cc(S(C)(=O)=O)ccc21. The summed E-state index contributed by atoms with van der Waals surface area (Å²) in [7, 11) is -3.33. The van der Waals surface area contributed by atoms with Gasteiger partial charge in [-0.3, -0.25) is 4.79 Å². The fourth-order valence-electron chi connectivity index (χ4n) is 2.90. The number of carbonyl (C=O) groups is 1. The van der Waals surface area contributed by atoms with E-state index in [-0.39, 0.29) is 10.7 Å². The summed E-state index contributed by atoms with van der Waals surface area (Å²) in [6.45, 7) is 4.18. The highest BCUT2D eigenvalue weighted by Gasteiger charge is 2.15. The number of allylic oxidation sites excluding steroid dienone is 1. The second kappa shape index (κ2) is 6.88. The number of hydrogen-bond acceptors (Lipinski definition) is 5. The highest BCUT2D eigenvalue weighted by molar-refractivity contribution is 7.90. The number of benzene rings is 2. The van der Waals surface area contributed by atoms with Crippen molar-refractivity contribution < 1.29 is 17.6 Å². The number of nitrogens with zero attached hydrogens (tertiary/aromatic N) is 2. The summed E-state index contributed by atoms with van der Waals surface area (Å²) >= 11 is 1.25. The van der Waals surface area contributed by atoms with E-state index in [1.807, 2.05) is 22.8 Å². The Hall–Kier alpha value is -2.97. The summed E-state index contributed by atoms with van der Waals surface area (Å²) in [5.41, 5.74) is 1.41. The van der Waals surface area contributed by atoms with Gasteiger partial charge in [-0.15, -0.1) is 6.58 Å². The molecular weight excluding hydrogens is 396 g/mol. The average molecular weight is 412 g/mol. The van der Waals surface area contributed by atoms with Crippen LogP contribution in [-0.2, 0) is 16.4 Å². The molecule has 8 heteroatoms. The van der Waals surface area contributed by atoms with E-state index < -0.39 is 15.7 Å². The number of carbonyl (C=O) groups excluding carboxylic acids is 1. The van der Waals surface area contributed by atoms with Crippen molar-refractivity contribution in [1.82, 2.24) is 4.57 Å². The highest BCUT2D eigenvalue weighted by atomic mass is 32.2. The Morgan fingerprint density at radius 3 is 2.75 bits per heavy atom. The van der Waals surface area contributed by atoms with Crippen molar-refractivity contribution in [3.05, 3.63) is 71.7 Å². The summed E-state index contributed by atoms with van der Waals surface area (Å²) in [6.07, 6.45) is 2.86. The number of fused-ring (bicyclic) bond motifs is 2. The molecule has 2 aromatic heterocycles. The smallest absolute Gasteiger partial charge is 0.315 e. The number of aromatic nitrogens is 1. The molecule has 0 N–H and O–H groups in total. The topological polar surface area (TPSA) is 81.6 Å². The Bertz CT molecular complexity index is 1370. The molecule has 0 aliphatic heterocycles.